The highest BCUT2D eigenvalue weighted by molar-refractivity contribution is 5.80. The average Bonchev–Trinajstić information content (AvgIpc) is 3.02. The van der Waals surface area contributed by atoms with Gasteiger partial charge in [-0.3, -0.25) is 4.79 Å². The molecule has 5 nitrogen and oxygen atoms in total. The van der Waals surface area contributed by atoms with E-state index in [1.807, 2.05) is 4.90 Å². The Morgan fingerprint density at radius 2 is 2.00 bits per heavy atom. The summed E-state index contributed by atoms with van der Waals surface area (Å²) in [5.74, 6) is 0.246. The van der Waals surface area contributed by atoms with Gasteiger partial charge in [-0.2, -0.15) is 0 Å². The number of hydrogen-bond donors (Lipinski definition) is 1. The van der Waals surface area contributed by atoms with Gasteiger partial charge in [0.05, 0.1) is 31.3 Å². The fourth-order valence-corrected chi connectivity index (χ4v) is 3.36. The largest absolute Gasteiger partial charge is 0.379 e. The van der Waals surface area contributed by atoms with Gasteiger partial charge in [-0.1, -0.05) is 6.92 Å². The van der Waals surface area contributed by atoms with Crippen LogP contribution in [0.2, 0.25) is 0 Å². The SMILES string of the molecule is CCCNC1COCC1C(=O)N1CC2CCC(C1)O2. The molecule has 3 rings (SSSR count). The Morgan fingerprint density at radius 1 is 1.26 bits per heavy atom. The highest BCUT2D eigenvalue weighted by Crippen LogP contribution is 2.28. The van der Waals surface area contributed by atoms with E-state index >= 15 is 0 Å². The lowest BCUT2D eigenvalue weighted by Gasteiger charge is -2.34. The lowest BCUT2D eigenvalue weighted by atomic mass is 10.0. The second-order valence-electron chi connectivity index (χ2n) is 5.91. The van der Waals surface area contributed by atoms with Crippen molar-refractivity contribution in [2.75, 3.05) is 32.8 Å². The zero-order valence-electron chi connectivity index (χ0n) is 11.6. The maximum atomic E-state index is 12.6. The number of fused-ring (bicyclic) bond motifs is 2. The van der Waals surface area contributed by atoms with E-state index < -0.39 is 0 Å². The molecule has 3 heterocycles. The smallest absolute Gasteiger partial charge is 0.229 e. The molecule has 5 heteroatoms. The van der Waals surface area contributed by atoms with E-state index in [2.05, 4.69) is 12.2 Å². The van der Waals surface area contributed by atoms with Crippen molar-refractivity contribution in [2.45, 2.75) is 44.4 Å². The fraction of sp³-hybridized carbons (Fsp3) is 0.929. The molecule has 0 aliphatic carbocycles. The van der Waals surface area contributed by atoms with E-state index in [-0.39, 0.29) is 30.1 Å². The Kier molecular flexibility index (Phi) is 4.05. The zero-order chi connectivity index (χ0) is 13.2. The number of hydrogen-bond acceptors (Lipinski definition) is 4. The number of rotatable bonds is 4. The minimum absolute atomic E-state index is 0.0101. The molecule has 2 bridgehead atoms. The Balaban J connectivity index is 1.59. The molecule has 3 aliphatic heterocycles. The predicted octanol–water partition coefficient (Wildman–Crippen LogP) is 0.391. The van der Waals surface area contributed by atoms with E-state index in [1.54, 1.807) is 0 Å². The second-order valence-corrected chi connectivity index (χ2v) is 5.91. The normalized spacial score (nSPS) is 37.8. The molecular weight excluding hydrogens is 244 g/mol. The van der Waals surface area contributed by atoms with E-state index in [0.29, 0.717) is 13.2 Å². The van der Waals surface area contributed by atoms with Crippen molar-refractivity contribution >= 4 is 5.91 Å². The first kappa shape index (κ1) is 13.3. The molecule has 0 saturated carbocycles. The van der Waals surface area contributed by atoms with E-state index in [0.717, 1.165) is 38.9 Å². The van der Waals surface area contributed by atoms with Gasteiger partial charge in [0, 0.05) is 19.1 Å². The first-order chi connectivity index (χ1) is 9.28. The minimum atomic E-state index is -0.0101. The molecular formula is C14H24N2O3. The van der Waals surface area contributed by atoms with E-state index in [4.69, 9.17) is 9.47 Å². The van der Waals surface area contributed by atoms with Gasteiger partial charge in [0.2, 0.25) is 5.91 Å². The number of nitrogens with one attached hydrogen (secondary N) is 1. The summed E-state index contributed by atoms with van der Waals surface area (Å²) in [6, 6.07) is 0.188. The van der Waals surface area contributed by atoms with Crippen LogP contribution in [0.25, 0.3) is 0 Å². The highest BCUT2D eigenvalue weighted by Gasteiger charge is 2.41. The minimum Gasteiger partial charge on any atom is -0.379 e. The molecule has 0 aromatic rings. The van der Waals surface area contributed by atoms with Gasteiger partial charge in [0.1, 0.15) is 0 Å². The molecule has 1 amide bonds. The molecule has 4 unspecified atom stereocenters. The standard InChI is InChI=1S/C14H24N2O3/c1-2-5-15-13-9-18-8-12(13)14(17)16-6-10-3-4-11(7-16)19-10/h10-13,15H,2-9H2,1H3. The lowest BCUT2D eigenvalue weighted by molar-refractivity contribution is -0.144. The summed E-state index contributed by atoms with van der Waals surface area (Å²) in [4.78, 5) is 14.6. The monoisotopic (exact) mass is 268 g/mol. The summed E-state index contributed by atoms with van der Waals surface area (Å²) in [6.45, 7) is 5.85. The first-order valence-electron chi connectivity index (χ1n) is 7.53. The Hall–Kier alpha value is -0.650. The Morgan fingerprint density at radius 3 is 2.68 bits per heavy atom. The second kappa shape index (κ2) is 5.77. The zero-order valence-corrected chi connectivity index (χ0v) is 11.6. The van der Waals surface area contributed by atoms with Crippen LogP contribution in [0.15, 0.2) is 0 Å². The van der Waals surface area contributed by atoms with Crippen molar-refractivity contribution in [1.82, 2.24) is 10.2 Å². The fourth-order valence-electron chi connectivity index (χ4n) is 3.36. The van der Waals surface area contributed by atoms with Gasteiger partial charge in [-0.15, -0.1) is 0 Å². The quantitative estimate of drug-likeness (QED) is 0.801. The number of likely N-dealkylation sites (tertiary alicyclic amines) is 1. The third-order valence-corrected chi connectivity index (χ3v) is 4.41. The van der Waals surface area contributed by atoms with Crippen LogP contribution in [-0.4, -0.2) is 61.9 Å². The van der Waals surface area contributed by atoms with Crippen LogP contribution in [0.3, 0.4) is 0 Å². The maximum Gasteiger partial charge on any atom is 0.229 e. The molecule has 1 N–H and O–H groups in total. The van der Waals surface area contributed by atoms with E-state index in [1.165, 1.54) is 0 Å². The molecule has 3 saturated heterocycles. The summed E-state index contributed by atoms with van der Waals surface area (Å²) >= 11 is 0. The summed E-state index contributed by atoms with van der Waals surface area (Å²) in [5, 5.41) is 3.44. The molecule has 0 radical (unpaired) electrons. The van der Waals surface area contributed by atoms with Crippen LogP contribution < -0.4 is 5.32 Å². The molecule has 0 aromatic carbocycles. The van der Waals surface area contributed by atoms with Crippen LogP contribution in [0.1, 0.15) is 26.2 Å². The number of nitrogens with zero attached hydrogens (tertiary/aromatic N) is 1. The van der Waals surface area contributed by atoms with Gasteiger partial charge in [-0.25, -0.2) is 0 Å². The van der Waals surface area contributed by atoms with Gasteiger partial charge >= 0.3 is 0 Å². The molecule has 0 spiro atoms. The third kappa shape index (κ3) is 2.78. The van der Waals surface area contributed by atoms with Crippen molar-refractivity contribution in [2.24, 2.45) is 5.92 Å². The lowest BCUT2D eigenvalue weighted by Crippen LogP contribution is -2.51. The Bertz CT molecular complexity index is 325. The van der Waals surface area contributed by atoms with Crippen molar-refractivity contribution in [1.29, 1.82) is 0 Å². The topological polar surface area (TPSA) is 50.8 Å². The summed E-state index contributed by atoms with van der Waals surface area (Å²) < 4.78 is 11.3. The maximum absolute atomic E-state index is 12.6. The van der Waals surface area contributed by atoms with Crippen LogP contribution >= 0.6 is 0 Å². The summed E-state index contributed by atoms with van der Waals surface area (Å²) in [5.41, 5.74) is 0. The van der Waals surface area contributed by atoms with Crippen LogP contribution in [0.5, 0.6) is 0 Å². The molecule has 3 aliphatic rings. The van der Waals surface area contributed by atoms with Crippen LogP contribution in [0, 0.1) is 5.92 Å². The first-order valence-corrected chi connectivity index (χ1v) is 7.53. The van der Waals surface area contributed by atoms with Gasteiger partial charge in [-0.05, 0) is 25.8 Å². The number of ether oxygens (including phenoxy) is 2. The highest BCUT2D eigenvalue weighted by atomic mass is 16.5. The predicted molar refractivity (Wildman–Crippen MR) is 70.9 cm³/mol. The number of carbonyl (C=O) groups excluding carboxylic acids is 1. The van der Waals surface area contributed by atoms with Crippen LogP contribution in [0.4, 0.5) is 0 Å². The summed E-state index contributed by atoms with van der Waals surface area (Å²) in [6.07, 6.45) is 3.83. The number of morpholine rings is 1. The van der Waals surface area contributed by atoms with Crippen molar-refractivity contribution < 1.29 is 14.3 Å². The molecule has 108 valence electrons. The number of amides is 1. The third-order valence-electron chi connectivity index (χ3n) is 4.41. The molecule has 19 heavy (non-hydrogen) atoms. The van der Waals surface area contributed by atoms with Crippen LogP contribution in [-0.2, 0) is 14.3 Å². The number of carbonyl (C=O) groups is 1. The van der Waals surface area contributed by atoms with Gasteiger partial charge in [0.25, 0.3) is 0 Å². The van der Waals surface area contributed by atoms with E-state index in [9.17, 15) is 4.79 Å². The summed E-state index contributed by atoms with van der Waals surface area (Å²) in [7, 11) is 0. The average molecular weight is 268 g/mol. The molecule has 4 atom stereocenters. The van der Waals surface area contributed by atoms with Crippen molar-refractivity contribution in [3.05, 3.63) is 0 Å². The molecule has 3 fully saturated rings. The van der Waals surface area contributed by atoms with Crippen molar-refractivity contribution in [3.63, 3.8) is 0 Å². The Labute approximate surface area is 114 Å². The van der Waals surface area contributed by atoms with Gasteiger partial charge < -0.3 is 19.7 Å². The molecule has 0 aromatic heterocycles. The van der Waals surface area contributed by atoms with Gasteiger partial charge in [0.15, 0.2) is 0 Å². The van der Waals surface area contributed by atoms with Crippen molar-refractivity contribution in [3.8, 4) is 0 Å².